The van der Waals surface area contributed by atoms with Crippen LogP contribution in [0.4, 0.5) is 10.1 Å². The molecule has 0 radical (unpaired) electrons. The molecular weight excluding hydrogens is 239 g/mol. The lowest BCUT2D eigenvalue weighted by Gasteiger charge is -2.15. The van der Waals surface area contributed by atoms with Gasteiger partial charge in [-0.05, 0) is 29.7 Å². The van der Waals surface area contributed by atoms with Crippen molar-refractivity contribution in [3.05, 3.63) is 29.1 Å². The monoisotopic (exact) mass is 252 g/mol. The second-order valence-corrected chi connectivity index (χ2v) is 4.29. The fraction of sp³-hybridized carbons (Fsp3) is 0.333. The number of carboxylic acid groups (broad SMARTS) is 1. The van der Waals surface area contributed by atoms with E-state index in [4.69, 9.17) is 10.8 Å². The van der Waals surface area contributed by atoms with Crippen molar-refractivity contribution in [3.63, 3.8) is 0 Å². The summed E-state index contributed by atoms with van der Waals surface area (Å²) in [6.07, 6.45) is 0.229. The summed E-state index contributed by atoms with van der Waals surface area (Å²) in [5.41, 5.74) is 7.40. The predicted molar refractivity (Wildman–Crippen MR) is 62.5 cm³/mol. The average Bonchev–Trinajstić information content (AvgIpc) is 2.64. The summed E-state index contributed by atoms with van der Waals surface area (Å²) in [5, 5.41) is 11.2. The summed E-state index contributed by atoms with van der Waals surface area (Å²) in [6.45, 7) is 0. The Morgan fingerprint density at radius 1 is 1.56 bits per heavy atom. The number of nitrogens with one attached hydrogen (secondary N) is 1. The molecule has 1 aliphatic heterocycles. The highest BCUT2D eigenvalue weighted by atomic mass is 19.1. The summed E-state index contributed by atoms with van der Waals surface area (Å²) in [6, 6.07) is 1.93. The molecule has 0 fully saturated rings. The van der Waals surface area contributed by atoms with Crippen molar-refractivity contribution in [1.29, 1.82) is 0 Å². The number of anilines is 1. The van der Waals surface area contributed by atoms with Crippen molar-refractivity contribution in [2.24, 2.45) is 5.73 Å². The molecule has 5 nitrogen and oxygen atoms in total. The van der Waals surface area contributed by atoms with Gasteiger partial charge in [-0.2, -0.15) is 0 Å². The molecule has 1 unspecified atom stereocenters. The Morgan fingerprint density at radius 3 is 2.94 bits per heavy atom. The van der Waals surface area contributed by atoms with E-state index in [0.717, 1.165) is 0 Å². The van der Waals surface area contributed by atoms with Gasteiger partial charge in [-0.25, -0.2) is 4.39 Å². The molecule has 1 heterocycles. The Balaban J connectivity index is 2.28. The highest BCUT2D eigenvalue weighted by Crippen LogP contribution is 2.33. The highest BCUT2D eigenvalue weighted by molar-refractivity contribution is 6.00. The van der Waals surface area contributed by atoms with Crippen LogP contribution in [0.5, 0.6) is 0 Å². The Kier molecular flexibility index (Phi) is 3.29. The van der Waals surface area contributed by atoms with Gasteiger partial charge in [-0.1, -0.05) is 0 Å². The van der Waals surface area contributed by atoms with Gasteiger partial charge in [-0.15, -0.1) is 0 Å². The standard InChI is InChI=1S/C12H13FN2O3/c13-7-3-6-4-10(16)15-12(6)8(5-7)9(14)1-2-11(17)18/h3,5,9H,1-2,4,14H2,(H,15,16)(H,17,18). The first-order valence-electron chi connectivity index (χ1n) is 5.57. The van der Waals surface area contributed by atoms with Gasteiger partial charge >= 0.3 is 5.97 Å². The van der Waals surface area contributed by atoms with Crippen LogP contribution in [-0.2, 0) is 16.0 Å². The molecule has 0 spiro atoms. The maximum absolute atomic E-state index is 13.4. The fourth-order valence-corrected chi connectivity index (χ4v) is 2.06. The van der Waals surface area contributed by atoms with Crippen LogP contribution in [0.1, 0.15) is 30.0 Å². The number of benzene rings is 1. The molecule has 0 aromatic heterocycles. The quantitative estimate of drug-likeness (QED) is 0.750. The number of fused-ring (bicyclic) bond motifs is 1. The molecule has 6 heteroatoms. The van der Waals surface area contributed by atoms with Crippen molar-refractivity contribution in [1.82, 2.24) is 0 Å². The third-order valence-electron chi connectivity index (χ3n) is 2.90. The van der Waals surface area contributed by atoms with E-state index >= 15 is 0 Å². The molecule has 1 amide bonds. The van der Waals surface area contributed by atoms with E-state index in [1.807, 2.05) is 0 Å². The molecular formula is C12H13FN2O3. The van der Waals surface area contributed by atoms with Crippen LogP contribution in [-0.4, -0.2) is 17.0 Å². The van der Waals surface area contributed by atoms with Gasteiger partial charge < -0.3 is 16.2 Å². The van der Waals surface area contributed by atoms with Crippen molar-refractivity contribution in [3.8, 4) is 0 Å². The second kappa shape index (κ2) is 4.73. The van der Waals surface area contributed by atoms with Gasteiger partial charge in [-0.3, -0.25) is 9.59 Å². The molecule has 4 N–H and O–H groups in total. The van der Waals surface area contributed by atoms with Crippen LogP contribution in [0.3, 0.4) is 0 Å². The summed E-state index contributed by atoms with van der Waals surface area (Å²) in [7, 11) is 0. The Bertz CT molecular complexity index is 516. The van der Waals surface area contributed by atoms with Gasteiger partial charge in [0.05, 0.1) is 6.42 Å². The number of nitrogens with two attached hydrogens (primary N) is 1. The molecule has 1 aliphatic rings. The number of hydrogen-bond acceptors (Lipinski definition) is 3. The number of carbonyl (C=O) groups is 2. The number of hydrogen-bond donors (Lipinski definition) is 3. The van der Waals surface area contributed by atoms with Crippen molar-refractivity contribution < 1.29 is 19.1 Å². The van der Waals surface area contributed by atoms with Gasteiger partial charge in [0, 0.05) is 18.2 Å². The molecule has 2 rings (SSSR count). The van der Waals surface area contributed by atoms with E-state index in [2.05, 4.69) is 5.32 Å². The normalized spacial score (nSPS) is 15.1. The van der Waals surface area contributed by atoms with E-state index < -0.39 is 17.8 Å². The Hall–Kier alpha value is -1.95. The smallest absolute Gasteiger partial charge is 0.303 e. The number of carbonyl (C=O) groups excluding carboxylic acids is 1. The molecule has 0 saturated carbocycles. The SMILES string of the molecule is NC(CCC(=O)O)c1cc(F)cc2c1NC(=O)C2. The molecule has 1 aromatic rings. The third-order valence-corrected chi connectivity index (χ3v) is 2.90. The second-order valence-electron chi connectivity index (χ2n) is 4.29. The van der Waals surface area contributed by atoms with Crippen molar-refractivity contribution in [2.75, 3.05) is 5.32 Å². The largest absolute Gasteiger partial charge is 0.481 e. The zero-order valence-corrected chi connectivity index (χ0v) is 9.57. The van der Waals surface area contributed by atoms with Crippen molar-refractivity contribution >= 4 is 17.6 Å². The van der Waals surface area contributed by atoms with Gasteiger partial charge in [0.2, 0.25) is 5.91 Å². The lowest BCUT2D eigenvalue weighted by atomic mass is 9.98. The average molecular weight is 252 g/mol. The predicted octanol–water partition coefficient (Wildman–Crippen LogP) is 1.18. The van der Waals surface area contributed by atoms with Crippen molar-refractivity contribution in [2.45, 2.75) is 25.3 Å². The van der Waals surface area contributed by atoms with Gasteiger partial charge in [0.25, 0.3) is 0 Å². The van der Waals surface area contributed by atoms with Crippen LogP contribution in [0.25, 0.3) is 0 Å². The van der Waals surface area contributed by atoms with E-state index in [1.54, 1.807) is 0 Å². The molecule has 1 atom stereocenters. The first-order valence-corrected chi connectivity index (χ1v) is 5.57. The number of halogens is 1. The van der Waals surface area contributed by atoms with Gasteiger partial charge in [0.1, 0.15) is 5.82 Å². The maximum Gasteiger partial charge on any atom is 0.303 e. The Labute approximate surface area is 103 Å². The minimum atomic E-state index is -0.956. The van der Waals surface area contributed by atoms with Crippen LogP contribution in [0.15, 0.2) is 12.1 Å². The summed E-state index contributed by atoms with van der Waals surface area (Å²) < 4.78 is 13.4. The molecule has 96 valence electrons. The summed E-state index contributed by atoms with van der Waals surface area (Å²) in [4.78, 5) is 21.8. The number of aliphatic carboxylic acids is 1. The first kappa shape index (κ1) is 12.5. The summed E-state index contributed by atoms with van der Waals surface area (Å²) in [5.74, 6) is -1.63. The topological polar surface area (TPSA) is 92.4 Å². The van der Waals surface area contributed by atoms with Crippen LogP contribution < -0.4 is 11.1 Å². The fourth-order valence-electron chi connectivity index (χ4n) is 2.06. The van der Waals surface area contributed by atoms with Crippen LogP contribution >= 0.6 is 0 Å². The molecule has 0 bridgehead atoms. The first-order chi connectivity index (χ1) is 8.47. The zero-order valence-electron chi connectivity index (χ0n) is 9.57. The molecule has 1 aromatic carbocycles. The number of rotatable bonds is 4. The van der Waals surface area contributed by atoms with Crippen LogP contribution in [0, 0.1) is 5.82 Å². The molecule has 18 heavy (non-hydrogen) atoms. The number of amides is 1. The Morgan fingerprint density at radius 2 is 2.28 bits per heavy atom. The third kappa shape index (κ3) is 2.48. The van der Waals surface area contributed by atoms with E-state index in [9.17, 15) is 14.0 Å². The lowest BCUT2D eigenvalue weighted by molar-refractivity contribution is -0.137. The molecule has 0 aliphatic carbocycles. The molecule has 0 saturated heterocycles. The van der Waals surface area contributed by atoms with E-state index in [-0.39, 0.29) is 25.2 Å². The maximum atomic E-state index is 13.4. The zero-order chi connectivity index (χ0) is 13.3. The van der Waals surface area contributed by atoms with Crippen LogP contribution in [0.2, 0.25) is 0 Å². The van der Waals surface area contributed by atoms with Gasteiger partial charge in [0.15, 0.2) is 0 Å². The minimum Gasteiger partial charge on any atom is -0.481 e. The summed E-state index contributed by atoms with van der Waals surface area (Å²) >= 11 is 0. The van der Waals surface area contributed by atoms with E-state index in [1.165, 1.54) is 12.1 Å². The lowest BCUT2D eigenvalue weighted by Crippen LogP contribution is -2.15. The highest BCUT2D eigenvalue weighted by Gasteiger charge is 2.24. The number of carboxylic acids is 1. The van der Waals surface area contributed by atoms with E-state index in [0.29, 0.717) is 16.8 Å². The minimum absolute atomic E-state index is 0.0968.